The minimum Gasteiger partial charge on any atom is -0.365 e. The third-order valence-electron chi connectivity index (χ3n) is 3.72. The van der Waals surface area contributed by atoms with E-state index in [0.717, 1.165) is 32.9 Å². The van der Waals surface area contributed by atoms with Crippen molar-refractivity contribution >= 4 is 28.2 Å². The van der Waals surface area contributed by atoms with E-state index in [2.05, 4.69) is 27.6 Å². The SMILES string of the molecule is Clc1ccc(-c2nnc(NC3CC3)c3ccccc23)cc1. The van der Waals surface area contributed by atoms with Gasteiger partial charge < -0.3 is 5.32 Å². The van der Waals surface area contributed by atoms with Gasteiger partial charge in [0.2, 0.25) is 0 Å². The van der Waals surface area contributed by atoms with Crippen LogP contribution in [0.5, 0.6) is 0 Å². The largest absolute Gasteiger partial charge is 0.365 e. The molecule has 0 aliphatic heterocycles. The molecule has 1 aromatic heterocycles. The molecule has 3 nitrogen and oxygen atoms in total. The predicted octanol–water partition coefficient (Wildman–Crippen LogP) is 4.52. The van der Waals surface area contributed by atoms with Crippen LogP contribution >= 0.6 is 11.6 Å². The summed E-state index contributed by atoms with van der Waals surface area (Å²) in [5.41, 5.74) is 1.92. The zero-order valence-electron chi connectivity index (χ0n) is 11.4. The molecule has 1 aliphatic rings. The van der Waals surface area contributed by atoms with Gasteiger partial charge in [-0.1, -0.05) is 48.0 Å². The third kappa shape index (κ3) is 2.45. The summed E-state index contributed by atoms with van der Waals surface area (Å²) in [6.45, 7) is 0. The Bertz CT molecular complexity index is 795. The Balaban J connectivity index is 1.88. The van der Waals surface area contributed by atoms with E-state index in [1.54, 1.807) is 0 Å². The quantitative estimate of drug-likeness (QED) is 0.772. The molecule has 4 rings (SSSR count). The van der Waals surface area contributed by atoms with Crippen LogP contribution in [0, 0.1) is 0 Å². The van der Waals surface area contributed by atoms with Crippen LogP contribution in [0.25, 0.3) is 22.0 Å². The van der Waals surface area contributed by atoms with Crippen molar-refractivity contribution in [2.75, 3.05) is 5.32 Å². The molecule has 0 amide bonds. The molecule has 0 unspecified atom stereocenters. The van der Waals surface area contributed by atoms with Crippen molar-refractivity contribution in [1.82, 2.24) is 10.2 Å². The van der Waals surface area contributed by atoms with Crippen LogP contribution in [0.4, 0.5) is 5.82 Å². The van der Waals surface area contributed by atoms with E-state index in [1.165, 1.54) is 12.8 Å². The number of benzene rings is 2. The highest BCUT2D eigenvalue weighted by molar-refractivity contribution is 6.30. The summed E-state index contributed by atoms with van der Waals surface area (Å²) in [7, 11) is 0. The van der Waals surface area contributed by atoms with E-state index >= 15 is 0 Å². The second-order valence-corrected chi connectivity index (χ2v) is 5.80. The Morgan fingerprint density at radius 1 is 0.905 bits per heavy atom. The minimum atomic E-state index is 0.559. The van der Waals surface area contributed by atoms with E-state index in [1.807, 2.05) is 36.4 Å². The summed E-state index contributed by atoms with van der Waals surface area (Å²) in [6.07, 6.45) is 2.43. The zero-order valence-corrected chi connectivity index (χ0v) is 12.1. The lowest BCUT2D eigenvalue weighted by Crippen LogP contribution is -2.05. The average molecular weight is 296 g/mol. The molecule has 1 heterocycles. The summed E-state index contributed by atoms with van der Waals surface area (Å²) >= 11 is 5.96. The highest BCUT2D eigenvalue weighted by Gasteiger charge is 2.22. The Morgan fingerprint density at radius 3 is 2.33 bits per heavy atom. The number of hydrogen-bond donors (Lipinski definition) is 1. The van der Waals surface area contributed by atoms with Gasteiger partial charge in [0.25, 0.3) is 0 Å². The highest BCUT2D eigenvalue weighted by atomic mass is 35.5. The Hall–Kier alpha value is -2.13. The third-order valence-corrected chi connectivity index (χ3v) is 3.98. The first-order valence-corrected chi connectivity index (χ1v) is 7.47. The number of fused-ring (bicyclic) bond motifs is 1. The lowest BCUT2D eigenvalue weighted by Gasteiger charge is -2.10. The van der Waals surface area contributed by atoms with Gasteiger partial charge in [-0.05, 0) is 25.0 Å². The fourth-order valence-corrected chi connectivity index (χ4v) is 2.58. The molecule has 2 aromatic carbocycles. The standard InChI is InChI=1S/C17H14ClN3/c18-12-7-5-11(6-8-12)16-14-3-1-2-4-15(14)17(21-20-16)19-13-9-10-13/h1-8,13H,9-10H2,(H,19,21). The van der Waals surface area contributed by atoms with E-state index in [-0.39, 0.29) is 0 Å². The molecule has 0 bridgehead atoms. The maximum Gasteiger partial charge on any atom is 0.156 e. The number of halogens is 1. The van der Waals surface area contributed by atoms with Crippen molar-refractivity contribution in [3.8, 4) is 11.3 Å². The van der Waals surface area contributed by atoms with Gasteiger partial charge in [-0.2, -0.15) is 0 Å². The molecule has 21 heavy (non-hydrogen) atoms. The maximum atomic E-state index is 5.96. The summed E-state index contributed by atoms with van der Waals surface area (Å²) in [4.78, 5) is 0. The van der Waals surface area contributed by atoms with Crippen molar-refractivity contribution in [3.63, 3.8) is 0 Å². The van der Waals surface area contributed by atoms with Gasteiger partial charge in [-0.15, -0.1) is 10.2 Å². The van der Waals surface area contributed by atoms with E-state index < -0.39 is 0 Å². The molecule has 0 spiro atoms. The monoisotopic (exact) mass is 295 g/mol. The topological polar surface area (TPSA) is 37.8 Å². The van der Waals surface area contributed by atoms with Gasteiger partial charge in [0.05, 0.1) is 0 Å². The number of aromatic nitrogens is 2. The maximum absolute atomic E-state index is 5.96. The Kier molecular flexibility index (Phi) is 3.00. The van der Waals surface area contributed by atoms with Gasteiger partial charge in [-0.3, -0.25) is 0 Å². The molecular weight excluding hydrogens is 282 g/mol. The summed E-state index contributed by atoms with van der Waals surface area (Å²) in [5.74, 6) is 0.880. The van der Waals surface area contributed by atoms with Crippen LogP contribution in [-0.2, 0) is 0 Å². The fraction of sp³-hybridized carbons (Fsp3) is 0.176. The first-order chi connectivity index (χ1) is 10.3. The molecule has 1 N–H and O–H groups in total. The Morgan fingerprint density at radius 2 is 1.62 bits per heavy atom. The van der Waals surface area contributed by atoms with Crippen molar-refractivity contribution in [1.29, 1.82) is 0 Å². The van der Waals surface area contributed by atoms with Gasteiger partial charge >= 0.3 is 0 Å². The normalized spacial score (nSPS) is 14.3. The summed E-state index contributed by atoms with van der Waals surface area (Å²) in [6, 6.07) is 16.5. The second-order valence-electron chi connectivity index (χ2n) is 5.37. The molecule has 0 saturated heterocycles. The predicted molar refractivity (Wildman–Crippen MR) is 86.6 cm³/mol. The van der Waals surface area contributed by atoms with Crippen LogP contribution in [0.3, 0.4) is 0 Å². The molecule has 1 aliphatic carbocycles. The van der Waals surface area contributed by atoms with Crippen LogP contribution in [0.15, 0.2) is 48.5 Å². The molecule has 1 fully saturated rings. The number of nitrogens with one attached hydrogen (secondary N) is 1. The first-order valence-electron chi connectivity index (χ1n) is 7.09. The van der Waals surface area contributed by atoms with Crippen molar-refractivity contribution in [2.45, 2.75) is 18.9 Å². The smallest absolute Gasteiger partial charge is 0.156 e. The highest BCUT2D eigenvalue weighted by Crippen LogP contribution is 2.32. The van der Waals surface area contributed by atoms with Gasteiger partial charge in [0.1, 0.15) is 5.69 Å². The van der Waals surface area contributed by atoms with E-state index in [4.69, 9.17) is 11.6 Å². The Labute approximate surface area is 128 Å². The zero-order chi connectivity index (χ0) is 14.2. The van der Waals surface area contributed by atoms with Crippen molar-refractivity contribution < 1.29 is 0 Å². The lowest BCUT2D eigenvalue weighted by molar-refractivity contribution is 1.02. The minimum absolute atomic E-state index is 0.559. The average Bonchev–Trinajstić information content (AvgIpc) is 3.33. The molecule has 4 heteroatoms. The molecule has 3 aromatic rings. The molecule has 0 atom stereocenters. The summed E-state index contributed by atoms with van der Waals surface area (Å²) < 4.78 is 0. The van der Waals surface area contributed by atoms with Crippen molar-refractivity contribution in [3.05, 3.63) is 53.6 Å². The van der Waals surface area contributed by atoms with Gasteiger partial charge in [-0.25, -0.2) is 0 Å². The first kappa shape index (κ1) is 12.6. The summed E-state index contributed by atoms with van der Waals surface area (Å²) in [5, 5.41) is 15.2. The van der Waals surface area contributed by atoms with Crippen molar-refractivity contribution in [2.24, 2.45) is 0 Å². The second kappa shape index (κ2) is 5.01. The van der Waals surface area contributed by atoms with Crippen LogP contribution < -0.4 is 5.32 Å². The fourth-order valence-electron chi connectivity index (χ4n) is 2.45. The van der Waals surface area contributed by atoms with Crippen LogP contribution in [0.2, 0.25) is 5.02 Å². The molecular formula is C17H14ClN3. The van der Waals surface area contributed by atoms with Crippen LogP contribution in [-0.4, -0.2) is 16.2 Å². The van der Waals surface area contributed by atoms with E-state index in [9.17, 15) is 0 Å². The molecule has 1 saturated carbocycles. The van der Waals surface area contributed by atoms with Crippen LogP contribution in [0.1, 0.15) is 12.8 Å². The number of anilines is 1. The van der Waals surface area contributed by atoms with Gasteiger partial charge in [0.15, 0.2) is 5.82 Å². The number of nitrogens with zero attached hydrogens (tertiary/aromatic N) is 2. The molecule has 104 valence electrons. The van der Waals surface area contributed by atoms with E-state index in [0.29, 0.717) is 6.04 Å². The number of hydrogen-bond acceptors (Lipinski definition) is 3. The van der Waals surface area contributed by atoms with Gasteiger partial charge in [0, 0.05) is 27.4 Å². The number of rotatable bonds is 3. The lowest BCUT2D eigenvalue weighted by atomic mass is 10.0. The molecule has 0 radical (unpaired) electrons.